The van der Waals surface area contributed by atoms with E-state index in [1.54, 1.807) is 0 Å². The Hall–Kier alpha value is -1.41. The Morgan fingerprint density at radius 3 is 2.68 bits per heavy atom. The molecule has 1 atom stereocenters. The van der Waals surface area contributed by atoms with Crippen LogP contribution in [0.3, 0.4) is 0 Å². The highest BCUT2D eigenvalue weighted by molar-refractivity contribution is 5.37. The summed E-state index contributed by atoms with van der Waals surface area (Å²) >= 11 is 0. The van der Waals surface area contributed by atoms with E-state index < -0.39 is 0 Å². The van der Waals surface area contributed by atoms with E-state index in [1.165, 1.54) is 12.8 Å². The zero-order valence-electron chi connectivity index (χ0n) is 13.7. The van der Waals surface area contributed by atoms with Gasteiger partial charge in [0.15, 0.2) is 0 Å². The lowest BCUT2D eigenvalue weighted by molar-refractivity contribution is 0.0919. The van der Waals surface area contributed by atoms with E-state index in [0.29, 0.717) is 5.92 Å². The van der Waals surface area contributed by atoms with Crippen LogP contribution in [0.25, 0.3) is 0 Å². The first-order valence-corrected chi connectivity index (χ1v) is 8.15. The predicted octanol–water partition coefficient (Wildman–Crippen LogP) is 2.08. The minimum atomic E-state index is -0.235. The number of benzene rings is 1. The molecule has 4 nitrogen and oxygen atoms in total. The molecule has 1 aromatic carbocycles. The standard InChI is InChI=1S/C18H27N3O/c1-15(22)12-21-9-7-16(8-10-21)13-20(2)14-18-6-4-3-5-17(18)11-19/h3-6,15-16,22H,7-10,12-14H2,1-2H3. The van der Waals surface area contributed by atoms with Crippen LogP contribution in [0.5, 0.6) is 0 Å². The summed E-state index contributed by atoms with van der Waals surface area (Å²) in [5.41, 5.74) is 1.89. The topological polar surface area (TPSA) is 50.5 Å². The van der Waals surface area contributed by atoms with Crippen molar-refractivity contribution >= 4 is 0 Å². The van der Waals surface area contributed by atoms with Crippen molar-refractivity contribution in [3.05, 3.63) is 35.4 Å². The molecule has 2 rings (SSSR count). The molecule has 120 valence electrons. The number of aliphatic hydroxyl groups excluding tert-OH is 1. The van der Waals surface area contributed by atoms with E-state index in [0.717, 1.165) is 43.9 Å². The fraction of sp³-hybridized carbons (Fsp3) is 0.611. The maximum atomic E-state index is 9.45. The number of rotatable bonds is 6. The molecule has 1 aromatic rings. The summed E-state index contributed by atoms with van der Waals surface area (Å²) in [6, 6.07) is 10.1. The Morgan fingerprint density at radius 2 is 2.05 bits per heavy atom. The van der Waals surface area contributed by atoms with Crippen molar-refractivity contribution in [1.29, 1.82) is 5.26 Å². The van der Waals surface area contributed by atoms with Crippen LogP contribution in [0.4, 0.5) is 0 Å². The van der Waals surface area contributed by atoms with Gasteiger partial charge in [-0.2, -0.15) is 5.26 Å². The van der Waals surface area contributed by atoms with Gasteiger partial charge in [-0.15, -0.1) is 0 Å². The van der Waals surface area contributed by atoms with Crippen molar-refractivity contribution in [2.45, 2.75) is 32.4 Å². The first-order chi connectivity index (χ1) is 10.6. The number of aliphatic hydroxyl groups is 1. The molecule has 1 saturated heterocycles. The molecule has 0 amide bonds. The van der Waals surface area contributed by atoms with E-state index in [4.69, 9.17) is 5.26 Å². The van der Waals surface area contributed by atoms with Crippen molar-refractivity contribution in [2.75, 3.05) is 33.2 Å². The van der Waals surface area contributed by atoms with E-state index >= 15 is 0 Å². The summed E-state index contributed by atoms with van der Waals surface area (Å²) < 4.78 is 0. The maximum Gasteiger partial charge on any atom is 0.0995 e. The molecule has 1 heterocycles. The number of β-amino-alcohol motifs (C(OH)–C–C–N with tert-alkyl or cyclic N) is 1. The van der Waals surface area contributed by atoms with Gasteiger partial charge in [0.25, 0.3) is 0 Å². The normalized spacial score (nSPS) is 18.3. The third-order valence-electron chi connectivity index (χ3n) is 4.38. The quantitative estimate of drug-likeness (QED) is 0.874. The van der Waals surface area contributed by atoms with Gasteiger partial charge in [-0.25, -0.2) is 0 Å². The Kier molecular flexibility index (Phi) is 6.38. The van der Waals surface area contributed by atoms with Crippen LogP contribution in [0.2, 0.25) is 0 Å². The zero-order chi connectivity index (χ0) is 15.9. The van der Waals surface area contributed by atoms with Crippen molar-refractivity contribution in [1.82, 2.24) is 9.80 Å². The number of hydrogen-bond donors (Lipinski definition) is 1. The maximum absolute atomic E-state index is 9.45. The molecule has 1 unspecified atom stereocenters. The smallest absolute Gasteiger partial charge is 0.0995 e. The first kappa shape index (κ1) is 17.0. The lowest BCUT2D eigenvalue weighted by Gasteiger charge is -2.34. The Morgan fingerprint density at radius 1 is 1.36 bits per heavy atom. The van der Waals surface area contributed by atoms with E-state index in [2.05, 4.69) is 22.9 Å². The Balaban J connectivity index is 1.79. The molecule has 4 heteroatoms. The largest absolute Gasteiger partial charge is 0.392 e. The first-order valence-electron chi connectivity index (χ1n) is 8.15. The van der Waals surface area contributed by atoms with Crippen LogP contribution in [0.15, 0.2) is 24.3 Å². The molecule has 0 saturated carbocycles. The Bertz CT molecular complexity index is 501. The van der Waals surface area contributed by atoms with Gasteiger partial charge >= 0.3 is 0 Å². The van der Waals surface area contributed by atoms with Gasteiger partial charge in [0, 0.05) is 19.6 Å². The average Bonchev–Trinajstić information content (AvgIpc) is 2.49. The summed E-state index contributed by atoms with van der Waals surface area (Å²) in [5.74, 6) is 0.712. The van der Waals surface area contributed by atoms with Crippen LogP contribution >= 0.6 is 0 Å². The number of nitriles is 1. The van der Waals surface area contributed by atoms with Gasteiger partial charge in [0.1, 0.15) is 0 Å². The van der Waals surface area contributed by atoms with Gasteiger partial charge < -0.3 is 14.9 Å². The second-order valence-electron chi connectivity index (χ2n) is 6.56. The third kappa shape index (κ3) is 5.10. The van der Waals surface area contributed by atoms with Crippen molar-refractivity contribution in [3.63, 3.8) is 0 Å². The summed E-state index contributed by atoms with van der Waals surface area (Å²) in [4.78, 5) is 4.68. The van der Waals surface area contributed by atoms with Crippen LogP contribution in [-0.4, -0.2) is 54.2 Å². The summed E-state index contributed by atoms with van der Waals surface area (Å²) in [5, 5.41) is 18.6. The van der Waals surface area contributed by atoms with Crippen molar-refractivity contribution < 1.29 is 5.11 Å². The van der Waals surface area contributed by atoms with E-state index in [1.807, 2.05) is 31.2 Å². The highest BCUT2D eigenvalue weighted by atomic mass is 16.3. The fourth-order valence-electron chi connectivity index (χ4n) is 3.29. The summed E-state index contributed by atoms with van der Waals surface area (Å²) in [7, 11) is 2.14. The highest BCUT2D eigenvalue weighted by Gasteiger charge is 2.21. The second kappa shape index (κ2) is 8.28. The lowest BCUT2D eigenvalue weighted by atomic mass is 9.96. The van der Waals surface area contributed by atoms with Crippen molar-refractivity contribution in [2.24, 2.45) is 5.92 Å². The third-order valence-corrected chi connectivity index (χ3v) is 4.38. The summed E-state index contributed by atoms with van der Waals surface area (Å²) in [6.07, 6.45) is 2.15. The average molecular weight is 301 g/mol. The SMILES string of the molecule is CC(O)CN1CCC(CN(C)Cc2ccccc2C#N)CC1. The molecule has 1 N–H and O–H groups in total. The molecule has 1 fully saturated rings. The fourth-order valence-corrected chi connectivity index (χ4v) is 3.29. The minimum absolute atomic E-state index is 0.235. The number of likely N-dealkylation sites (tertiary alicyclic amines) is 1. The molecular formula is C18H27N3O. The molecule has 1 aliphatic heterocycles. The second-order valence-corrected chi connectivity index (χ2v) is 6.56. The molecule has 1 aliphatic rings. The molecular weight excluding hydrogens is 274 g/mol. The zero-order valence-corrected chi connectivity index (χ0v) is 13.7. The van der Waals surface area contributed by atoms with Crippen LogP contribution in [0, 0.1) is 17.2 Å². The van der Waals surface area contributed by atoms with Gasteiger partial charge in [0.05, 0.1) is 17.7 Å². The predicted molar refractivity (Wildman–Crippen MR) is 88.3 cm³/mol. The lowest BCUT2D eigenvalue weighted by Crippen LogP contribution is -2.40. The number of piperidine rings is 1. The minimum Gasteiger partial charge on any atom is -0.392 e. The van der Waals surface area contributed by atoms with E-state index in [-0.39, 0.29) is 6.10 Å². The van der Waals surface area contributed by atoms with Crippen LogP contribution in [0.1, 0.15) is 30.9 Å². The molecule has 0 bridgehead atoms. The van der Waals surface area contributed by atoms with Crippen molar-refractivity contribution in [3.8, 4) is 6.07 Å². The van der Waals surface area contributed by atoms with Gasteiger partial charge in [0.2, 0.25) is 0 Å². The van der Waals surface area contributed by atoms with Crippen LogP contribution < -0.4 is 0 Å². The monoisotopic (exact) mass is 301 g/mol. The number of nitrogens with zero attached hydrogens (tertiary/aromatic N) is 3. The Labute approximate surface area is 134 Å². The highest BCUT2D eigenvalue weighted by Crippen LogP contribution is 2.19. The molecule has 0 aromatic heterocycles. The molecule has 0 spiro atoms. The van der Waals surface area contributed by atoms with Gasteiger partial charge in [-0.05, 0) is 57.5 Å². The number of hydrogen-bond acceptors (Lipinski definition) is 4. The molecule has 0 aliphatic carbocycles. The van der Waals surface area contributed by atoms with Gasteiger partial charge in [-0.1, -0.05) is 18.2 Å². The van der Waals surface area contributed by atoms with E-state index in [9.17, 15) is 5.11 Å². The summed E-state index contributed by atoms with van der Waals surface area (Å²) in [6.45, 7) is 6.71. The van der Waals surface area contributed by atoms with Gasteiger partial charge in [-0.3, -0.25) is 0 Å². The molecule has 0 radical (unpaired) electrons. The van der Waals surface area contributed by atoms with Crippen LogP contribution in [-0.2, 0) is 6.54 Å². The molecule has 22 heavy (non-hydrogen) atoms.